The van der Waals surface area contributed by atoms with Gasteiger partial charge in [0.1, 0.15) is 47.6 Å². The minimum atomic E-state index is -1.58. The number of fused-ring (bicyclic) bond motifs is 3. The normalized spacial score (nSPS) is 28.6. The second-order valence-corrected chi connectivity index (χ2v) is 9.48. The standard InChI is InChI=1S/C22H20BrFN6O4/c23-11-5-9-1-2-10(6-13(9)29-18(11)25)33-14-3-4-22(32)16(31)21(34-17(14)22)30-7-12(24)15-19(26)27-8-28-20(15)30/h1-2,5-8,14,16-17,21,31-32H,3-4H2,(H2,25,29)(H2,26,27,28)/t14-,16?,17+,21+,22-/m0/s1. The summed E-state index contributed by atoms with van der Waals surface area (Å²) in [6.45, 7) is 0. The first-order valence-electron chi connectivity index (χ1n) is 10.6. The van der Waals surface area contributed by atoms with Gasteiger partial charge >= 0.3 is 0 Å². The molecule has 1 aliphatic carbocycles. The van der Waals surface area contributed by atoms with Crippen LogP contribution in [0.25, 0.3) is 21.9 Å². The summed E-state index contributed by atoms with van der Waals surface area (Å²) in [6, 6.07) is 7.27. The summed E-state index contributed by atoms with van der Waals surface area (Å²) < 4.78 is 28.8. The Kier molecular flexibility index (Phi) is 4.72. The SMILES string of the molecule is Nc1nc2cc(O[C@H]3CC[C@]4(O)C(O)[C@H](n5cc(F)c6c(N)ncnc65)O[C@H]34)ccc2cc1Br. The molecule has 1 saturated carbocycles. The monoisotopic (exact) mass is 530 g/mol. The van der Waals surface area contributed by atoms with Crippen LogP contribution < -0.4 is 16.2 Å². The highest BCUT2D eigenvalue weighted by Gasteiger charge is 2.63. The lowest BCUT2D eigenvalue weighted by atomic mass is 9.94. The second kappa shape index (κ2) is 7.47. The Balaban J connectivity index is 1.31. The highest BCUT2D eigenvalue weighted by atomic mass is 79.9. The summed E-state index contributed by atoms with van der Waals surface area (Å²) in [6.07, 6.45) is -0.797. The fourth-order valence-corrected chi connectivity index (χ4v) is 5.30. The van der Waals surface area contributed by atoms with Crippen molar-refractivity contribution in [2.75, 3.05) is 11.5 Å². The average Bonchev–Trinajstić information content (AvgIpc) is 3.39. The summed E-state index contributed by atoms with van der Waals surface area (Å²) in [5.41, 5.74) is 10.9. The Hall–Kier alpha value is -3.06. The second-order valence-electron chi connectivity index (χ2n) is 8.63. The lowest BCUT2D eigenvalue weighted by Gasteiger charge is -2.26. The minimum Gasteiger partial charge on any atom is -0.488 e. The van der Waals surface area contributed by atoms with Crippen LogP contribution in [0.1, 0.15) is 19.1 Å². The van der Waals surface area contributed by atoms with E-state index in [1.54, 1.807) is 12.1 Å². The maximum Gasteiger partial charge on any atom is 0.164 e. The van der Waals surface area contributed by atoms with Gasteiger partial charge in [-0.2, -0.15) is 0 Å². The van der Waals surface area contributed by atoms with E-state index in [4.69, 9.17) is 20.9 Å². The number of aliphatic hydroxyl groups is 2. The number of nitrogen functional groups attached to an aromatic ring is 2. The molecule has 6 N–H and O–H groups in total. The Morgan fingerprint density at radius 1 is 1.24 bits per heavy atom. The molecule has 10 nitrogen and oxygen atoms in total. The number of benzene rings is 1. The zero-order valence-corrected chi connectivity index (χ0v) is 19.2. The van der Waals surface area contributed by atoms with Gasteiger partial charge in [-0.05, 0) is 47.0 Å². The molecule has 176 valence electrons. The molecule has 1 aliphatic heterocycles. The Morgan fingerprint density at radius 2 is 2.06 bits per heavy atom. The van der Waals surface area contributed by atoms with E-state index < -0.39 is 36.0 Å². The van der Waals surface area contributed by atoms with Crippen LogP contribution in [0.5, 0.6) is 5.75 Å². The van der Waals surface area contributed by atoms with Gasteiger partial charge in [0.25, 0.3) is 0 Å². The predicted octanol–water partition coefficient (Wildman–Crippen LogP) is 2.28. The van der Waals surface area contributed by atoms with Crippen LogP contribution in [0.2, 0.25) is 0 Å². The van der Waals surface area contributed by atoms with Crippen LogP contribution in [0.15, 0.2) is 41.3 Å². The third-order valence-corrected chi connectivity index (χ3v) is 7.29. The van der Waals surface area contributed by atoms with E-state index in [0.29, 0.717) is 28.0 Å². The van der Waals surface area contributed by atoms with Gasteiger partial charge in [-0.15, -0.1) is 0 Å². The van der Waals surface area contributed by atoms with Crippen LogP contribution in [0.3, 0.4) is 0 Å². The van der Waals surface area contributed by atoms with Gasteiger partial charge in [0.15, 0.2) is 17.7 Å². The summed E-state index contributed by atoms with van der Waals surface area (Å²) in [5, 5.41) is 23.2. The number of anilines is 2. The topological polar surface area (TPSA) is 155 Å². The zero-order chi connectivity index (χ0) is 23.8. The van der Waals surface area contributed by atoms with E-state index in [2.05, 4.69) is 30.9 Å². The van der Waals surface area contributed by atoms with Gasteiger partial charge in [-0.25, -0.2) is 19.3 Å². The fraction of sp³-hybridized carbons (Fsp3) is 0.318. The Morgan fingerprint density at radius 3 is 2.88 bits per heavy atom. The number of nitrogens with zero attached hydrogens (tertiary/aromatic N) is 4. The van der Waals surface area contributed by atoms with Crippen LogP contribution in [-0.4, -0.2) is 53.6 Å². The number of ether oxygens (including phenoxy) is 2. The number of hydrogen-bond donors (Lipinski definition) is 4. The molecule has 4 heterocycles. The number of halogens is 2. The van der Waals surface area contributed by atoms with Gasteiger partial charge in [0.2, 0.25) is 0 Å². The largest absolute Gasteiger partial charge is 0.488 e. The van der Waals surface area contributed by atoms with Gasteiger partial charge in [0.05, 0.1) is 15.4 Å². The molecule has 2 fully saturated rings. The van der Waals surface area contributed by atoms with Crippen molar-refractivity contribution >= 4 is 49.5 Å². The average molecular weight is 531 g/mol. The number of pyridine rings is 1. The molecule has 0 amide bonds. The third-order valence-electron chi connectivity index (χ3n) is 6.65. The van der Waals surface area contributed by atoms with Crippen molar-refractivity contribution in [2.45, 2.75) is 43.0 Å². The van der Waals surface area contributed by atoms with Gasteiger partial charge in [0, 0.05) is 17.6 Å². The van der Waals surface area contributed by atoms with Crippen molar-refractivity contribution in [1.29, 1.82) is 0 Å². The maximum absolute atomic E-state index is 14.6. The number of aromatic nitrogens is 4. The van der Waals surface area contributed by atoms with Crippen LogP contribution in [0.4, 0.5) is 16.0 Å². The molecule has 3 aromatic heterocycles. The van der Waals surface area contributed by atoms with Crippen molar-refractivity contribution in [3.8, 4) is 5.75 Å². The first-order valence-corrected chi connectivity index (χ1v) is 11.4. The Bertz CT molecular complexity index is 1450. The molecule has 12 heteroatoms. The molecule has 0 radical (unpaired) electrons. The van der Waals surface area contributed by atoms with Crippen molar-refractivity contribution in [3.05, 3.63) is 47.1 Å². The molecule has 5 atom stereocenters. The van der Waals surface area contributed by atoms with E-state index in [9.17, 15) is 14.6 Å². The fourth-order valence-electron chi connectivity index (χ4n) is 4.96. The van der Waals surface area contributed by atoms with Gasteiger partial charge in [-0.3, -0.25) is 0 Å². The minimum absolute atomic E-state index is 0.0218. The van der Waals surface area contributed by atoms with Gasteiger partial charge in [-0.1, -0.05) is 0 Å². The van der Waals surface area contributed by atoms with Crippen LogP contribution in [-0.2, 0) is 4.74 Å². The Labute approximate surface area is 200 Å². The van der Waals surface area contributed by atoms with Crippen molar-refractivity contribution in [1.82, 2.24) is 19.5 Å². The van der Waals surface area contributed by atoms with Crippen LogP contribution in [0, 0.1) is 5.82 Å². The first-order chi connectivity index (χ1) is 16.3. The molecule has 1 aromatic carbocycles. The smallest absolute Gasteiger partial charge is 0.164 e. The number of hydrogen-bond acceptors (Lipinski definition) is 9. The molecular weight excluding hydrogens is 511 g/mol. The molecule has 0 spiro atoms. The number of rotatable bonds is 3. The molecule has 4 aromatic rings. The molecule has 0 bridgehead atoms. The highest BCUT2D eigenvalue weighted by Crippen LogP contribution is 2.48. The summed E-state index contributed by atoms with van der Waals surface area (Å²) in [5.74, 6) is 0.220. The number of nitrogens with two attached hydrogens (primary N) is 2. The molecule has 34 heavy (non-hydrogen) atoms. The quantitative estimate of drug-likeness (QED) is 0.312. The van der Waals surface area contributed by atoms with Crippen molar-refractivity contribution in [2.24, 2.45) is 0 Å². The van der Waals surface area contributed by atoms with Gasteiger partial charge < -0.3 is 35.7 Å². The molecule has 6 rings (SSSR count). The summed E-state index contributed by atoms with van der Waals surface area (Å²) >= 11 is 3.37. The third kappa shape index (κ3) is 3.06. The van der Waals surface area contributed by atoms with Crippen molar-refractivity contribution < 1.29 is 24.1 Å². The van der Waals surface area contributed by atoms with E-state index >= 15 is 0 Å². The van der Waals surface area contributed by atoms with E-state index in [-0.39, 0.29) is 23.3 Å². The first kappa shape index (κ1) is 21.5. The highest BCUT2D eigenvalue weighted by molar-refractivity contribution is 9.10. The van der Waals surface area contributed by atoms with E-state index in [0.717, 1.165) is 11.6 Å². The van der Waals surface area contributed by atoms with E-state index in [1.807, 2.05) is 12.1 Å². The maximum atomic E-state index is 14.6. The van der Waals surface area contributed by atoms with Crippen LogP contribution >= 0.6 is 15.9 Å². The molecule has 1 saturated heterocycles. The number of aliphatic hydroxyl groups excluding tert-OH is 1. The lowest BCUT2D eigenvalue weighted by molar-refractivity contribution is -0.0791. The van der Waals surface area contributed by atoms with E-state index in [1.165, 1.54) is 10.9 Å². The molecule has 2 aliphatic rings. The molecule has 1 unspecified atom stereocenters. The molecular formula is C22H20BrFN6O4. The summed E-state index contributed by atoms with van der Waals surface area (Å²) in [7, 11) is 0. The summed E-state index contributed by atoms with van der Waals surface area (Å²) in [4.78, 5) is 12.3. The van der Waals surface area contributed by atoms with Crippen molar-refractivity contribution in [3.63, 3.8) is 0 Å². The lowest BCUT2D eigenvalue weighted by Crippen LogP contribution is -2.47. The zero-order valence-electron chi connectivity index (χ0n) is 17.6. The predicted molar refractivity (Wildman–Crippen MR) is 124 cm³/mol.